The Bertz CT molecular complexity index is 615. The lowest BCUT2D eigenvalue weighted by molar-refractivity contribution is -0.121. The van der Waals surface area contributed by atoms with Gasteiger partial charge in [0.05, 0.1) is 12.1 Å². The number of carbonyl (C=O) groups excluding carboxylic acids is 2. The maximum atomic E-state index is 12.3. The number of anilines is 2. The highest BCUT2D eigenvalue weighted by atomic mass is 16.2. The van der Waals surface area contributed by atoms with Gasteiger partial charge in [-0.2, -0.15) is 0 Å². The molecule has 26 heavy (non-hydrogen) atoms. The molecule has 0 aromatic heterocycles. The zero-order valence-corrected chi connectivity index (χ0v) is 15.4. The summed E-state index contributed by atoms with van der Waals surface area (Å²) in [5, 5.41) is 5.83. The highest BCUT2D eigenvalue weighted by molar-refractivity contribution is 5.98. The van der Waals surface area contributed by atoms with Crippen LogP contribution in [0.5, 0.6) is 0 Å². The second-order valence-corrected chi connectivity index (χ2v) is 7.63. The first-order valence-electron chi connectivity index (χ1n) is 9.78. The summed E-state index contributed by atoms with van der Waals surface area (Å²) < 4.78 is 0. The van der Waals surface area contributed by atoms with Crippen molar-refractivity contribution in [1.29, 1.82) is 0 Å². The molecule has 4 N–H and O–H groups in total. The van der Waals surface area contributed by atoms with E-state index in [4.69, 9.17) is 5.73 Å². The van der Waals surface area contributed by atoms with Crippen LogP contribution in [0.4, 0.5) is 11.4 Å². The number of hydrogen-bond donors (Lipinski definition) is 3. The molecule has 0 atom stereocenters. The van der Waals surface area contributed by atoms with Crippen LogP contribution in [0.25, 0.3) is 0 Å². The minimum Gasteiger partial charge on any atom is -0.325 e. The molecule has 6 heteroatoms. The number of nitrogens with one attached hydrogen (secondary N) is 2. The summed E-state index contributed by atoms with van der Waals surface area (Å²) in [6.45, 7) is 2.44. The number of nitrogens with zero attached hydrogens (tertiary/aromatic N) is 1. The molecule has 1 aliphatic carbocycles. The lowest BCUT2D eigenvalue weighted by Crippen LogP contribution is -2.48. The van der Waals surface area contributed by atoms with E-state index in [0.29, 0.717) is 12.2 Å². The maximum Gasteiger partial charge on any atom is 0.244 e. The van der Waals surface area contributed by atoms with Crippen LogP contribution in [-0.4, -0.2) is 41.9 Å². The van der Waals surface area contributed by atoms with E-state index in [9.17, 15) is 9.59 Å². The number of amides is 2. The molecule has 1 aliphatic heterocycles. The molecular formula is C20H30N4O2. The summed E-state index contributed by atoms with van der Waals surface area (Å²) >= 11 is 0. The van der Waals surface area contributed by atoms with Gasteiger partial charge in [0.25, 0.3) is 0 Å². The van der Waals surface area contributed by atoms with E-state index in [0.717, 1.165) is 44.5 Å². The Hall–Kier alpha value is -1.92. The molecule has 1 saturated carbocycles. The van der Waals surface area contributed by atoms with E-state index in [1.165, 1.54) is 25.7 Å². The number of hydrogen-bond acceptors (Lipinski definition) is 4. The van der Waals surface area contributed by atoms with Gasteiger partial charge in [0.15, 0.2) is 0 Å². The summed E-state index contributed by atoms with van der Waals surface area (Å²) in [4.78, 5) is 26.8. The second kappa shape index (κ2) is 8.64. The van der Waals surface area contributed by atoms with E-state index >= 15 is 0 Å². The molecule has 0 spiro atoms. The molecule has 6 nitrogen and oxygen atoms in total. The normalized spacial score (nSPS) is 20.3. The van der Waals surface area contributed by atoms with Crippen LogP contribution in [0.15, 0.2) is 24.3 Å². The molecule has 3 rings (SSSR count). The molecule has 0 unspecified atom stereocenters. The van der Waals surface area contributed by atoms with Crippen molar-refractivity contribution in [2.75, 3.05) is 30.3 Å². The van der Waals surface area contributed by atoms with Gasteiger partial charge in [-0.15, -0.1) is 0 Å². The van der Waals surface area contributed by atoms with Gasteiger partial charge in [-0.05, 0) is 63.0 Å². The third-order valence-electron chi connectivity index (χ3n) is 5.44. The van der Waals surface area contributed by atoms with Gasteiger partial charge in [-0.1, -0.05) is 25.7 Å². The molecule has 1 saturated heterocycles. The van der Waals surface area contributed by atoms with Crippen molar-refractivity contribution >= 4 is 23.2 Å². The molecule has 1 aromatic rings. The van der Waals surface area contributed by atoms with Gasteiger partial charge in [-0.25, -0.2) is 0 Å². The molecule has 1 aromatic carbocycles. The van der Waals surface area contributed by atoms with Crippen molar-refractivity contribution in [3.63, 3.8) is 0 Å². The van der Waals surface area contributed by atoms with E-state index < -0.39 is 5.54 Å². The predicted molar refractivity (Wildman–Crippen MR) is 104 cm³/mol. The van der Waals surface area contributed by atoms with Gasteiger partial charge < -0.3 is 16.4 Å². The van der Waals surface area contributed by atoms with Gasteiger partial charge in [0.1, 0.15) is 0 Å². The Morgan fingerprint density at radius 2 is 1.42 bits per heavy atom. The molecule has 2 fully saturated rings. The highest BCUT2D eigenvalue weighted by Gasteiger charge is 2.36. The van der Waals surface area contributed by atoms with Crippen molar-refractivity contribution < 1.29 is 9.59 Å². The molecule has 2 amide bonds. The number of rotatable bonds is 5. The zero-order chi connectivity index (χ0) is 18.4. The quantitative estimate of drug-likeness (QED) is 0.755. The first-order chi connectivity index (χ1) is 12.5. The largest absolute Gasteiger partial charge is 0.325 e. The number of carbonyl (C=O) groups is 2. The SMILES string of the molecule is NC1(C(=O)Nc2ccc(NC(=O)CN3CCCCCC3)cc2)CCCC1. The fourth-order valence-electron chi connectivity index (χ4n) is 3.82. The third kappa shape index (κ3) is 5.05. The lowest BCUT2D eigenvalue weighted by Gasteiger charge is -2.22. The Morgan fingerprint density at radius 3 is 2.00 bits per heavy atom. The van der Waals surface area contributed by atoms with Crippen LogP contribution in [0, 0.1) is 0 Å². The topological polar surface area (TPSA) is 87.5 Å². The number of benzene rings is 1. The van der Waals surface area contributed by atoms with Crippen LogP contribution in [-0.2, 0) is 9.59 Å². The average molecular weight is 358 g/mol. The van der Waals surface area contributed by atoms with Crippen molar-refractivity contribution in [3.8, 4) is 0 Å². The summed E-state index contributed by atoms with van der Waals surface area (Å²) in [5.74, 6) is -0.108. The van der Waals surface area contributed by atoms with Crippen molar-refractivity contribution in [2.45, 2.75) is 56.9 Å². The Kier molecular flexibility index (Phi) is 6.27. The number of nitrogens with two attached hydrogens (primary N) is 1. The fraction of sp³-hybridized carbons (Fsp3) is 0.600. The molecule has 1 heterocycles. The van der Waals surface area contributed by atoms with Gasteiger partial charge in [-0.3, -0.25) is 14.5 Å². The van der Waals surface area contributed by atoms with E-state index in [1.54, 1.807) is 12.1 Å². The summed E-state index contributed by atoms with van der Waals surface area (Å²) in [6, 6.07) is 7.23. The first-order valence-corrected chi connectivity index (χ1v) is 9.78. The van der Waals surface area contributed by atoms with Gasteiger partial charge >= 0.3 is 0 Å². The van der Waals surface area contributed by atoms with Crippen LogP contribution < -0.4 is 16.4 Å². The van der Waals surface area contributed by atoms with E-state index in [-0.39, 0.29) is 11.8 Å². The summed E-state index contributed by atoms with van der Waals surface area (Å²) in [5.41, 5.74) is 6.88. The van der Waals surface area contributed by atoms with E-state index in [2.05, 4.69) is 15.5 Å². The summed E-state index contributed by atoms with van der Waals surface area (Å²) in [7, 11) is 0. The Morgan fingerprint density at radius 1 is 0.885 bits per heavy atom. The van der Waals surface area contributed by atoms with E-state index in [1.807, 2.05) is 12.1 Å². The minimum atomic E-state index is -0.736. The molecule has 0 radical (unpaired) electrons. The van der Waals surface area contributed by atoms with Crippen molar-refractivity contribution in [2.24, 2.45) is 5.73 Å². The van der Waals surface area contributed by atoms with Crippen LogP contribution in [0.1, 0.15) is 51.4 Å². The summed E-state index contributed by atoms with van der Waals surface area (Å²) in [6.07, 6.45) is 8.35. The minimum absolute atomic E-state index is 0.00977. The van der Waals surface area contributed by atoms with Gasteiger partial charge in [0.2, 0.25) is 11.8 Å². The Balaban J connectivity index is 1.49. The number of likely N-dealkylation sites (tertiary alicyclic amines) is 1. The molecular weight excluding hydrogens is 328 g/mol. The maximum absolute atomic E-state index is 12.3. The second-order valence-electron chi connectivity index (χ2n) is 7.63. The Labute approximate surface area is 155 Å². The van der Waals surface area contributed by atoms with Crippen LogP contribution in [0.3, 0.4) is 0 Å². The highest BCUT2D eigenvalue weighted by Crippen LogP contribution is 2.28. The van der Waals surface area contributed by atoms with Gasteiger partial charge in [0, 0.05) is 11.4 Å². The fourth-order valence-corrected chi connectivity index (χ4v) is 3.82. The van der Waals surface area contributed by atoms with Crippen LogP contribution >= 0.6 is 0 Å². The van der Waals surface area contributed by atoms with Crippen LogP contribution in [0.2, 0.25) is 0 Å². The molecule has 2 aliphatic rings. The zero-order valence-electron chi connectivity index (χ0n) is 15.4. The smallest absolute Gasteiger partial charge is 0.244 e. The predicted octanol–water partition coefficient (Wildman–Crippen LogP) is 2.71. The monoisotopic (exact) mass is 358 g/mol. The molecule has 0 bridgehead atoms. The van der Waals surface area contributed by atoms with Crippen molar-refractivity contribution in [1.82, 2.24) is 4.90 Å². The third-order valence-corrected chi connectivity index (χ3v) is 5.44. The lowest BCUT2D eigenvalue weighted by atomic mass is 9.98. The molecule has 142 valence electrons. The van der Waals surface area contributed by atoms with Crippen molar-refractivity contribution in [3.05, 3.63) is 24.3 Å². The average Bonchev–Trinajstić information content (AvgIpc) is 2.92. The standard InChI is InChI=1S/C20H30N4O2/c21-20(11-3-4-12-20)19(26)23-17-9-7-16(8-10-17)22-18(25)15-24-13-5-1-2-6-14-24/h7-10H,1-6,11-15,21H2,(H,22,25)(H,23,26). The first kappa shape index (κ1) is 18.9.